The van der Waals surface area contributed by atoms with Crippen LogP contribution in [0.25, 0.3) is 0 Å². The smallest absolute Gasteiger partial charge is 0.0754 e. The molecular formula is C20H27OS. The topological polar surface area (TPSA) is 17.1 Å². The van der Waals surface area contributed by atoms with E-state index in [0.717, 1.165) is 10.1 Å². The maximum atomic E-state index is 13.2. The van der Waals surface area contributed by atoms with Gasteiger partial charge in [-0.1, -0.05) is 53.7 Å². The maximum absolute atomic E-state index is 13.2. The number of hydrogen-bond acceptors (Lipinski definition) is 1. The quantitative estimate of drug-likeness (QED) is 0.698. The summed E-state index contributed by atoms with van der Waals surface area (Å²) in [4.78, 5) is 1.03. The molecule has 0 amide bonds. The first-order valence-electron chi connectivity index (χ1n) is 8.14. The van der Waals surface area contributed by atoms with Crippen molar-refractivity contribution >= 4 is 10.8 Å². The molecule has 119 valence electrons. The van der Waals surface area contributed by atoms with Crippen LogP contribution < -0.4 is 0 Å². The second kappa shape index (κ2) is 7.29. The fourth-order valence-corrected chi connectivity index (χ4v) is 4.36. The van der Waals surface area contributed by atoms with Crippen LogP contribution in [0.3, 0.4) is 0 Å². The van der Waals surface area contributed by atoms with Crippen LogP contribution in [0.1, 0.15) is 76.0 Å². The van der Waals surface area contributed by atoms with Crippen molar-refractivity contribution in [3.05, 3.63) is 59.8 Å². The predicted molar refractivity (Wildman–Crippen MR) is 95.6 cm³/mol. The second-order valence-electron chi connectivity index (χ2n) is 6.88. The molecule has 1 fully saturated rings. The molecular weight excluding hydrogens is 288 g/mol. The van der Waals surface area contributed by atoms with Gasteiger partial charge in [-0.25, -0.2) is 0 Å². The van der Waals surface area contributed by atoms with Gasteiger partial charge in [0.2, 0.25) is 0 Å². The van der Waals surface area contributed by atoms with Crippen molar-refractivity contribution in [2.75, 3.05) is 0 Å². The standard InChI is InChI=1S/C20H27OS/c1-13(2)16-11-18(14(3)4)20(19(12-16)15(5)6)22(21)17-9-7-8-10-17/h7-15H,1-6H3/t22-/m1/s1. The van der Waals surface area contributed by atoms with Gasteiger partial charge in [-0.05, 0) is 60.1 Å². The third-order valence-corrected chi connectivity index (χ3v) is 5.65. The monoisotopic (exact) mass is 315 g/mol. The van der Waals surface area contributed by atoms with Gasteiger partial charge in [-0.3, -0.25) is 4.21 Å². The highest BCUT2D eigenvalue weighted by Gasteiger charge is 2.29. The van der Waals surface area contributed by atoms with E-state index in [9.17, 15) is 4.21 Å². The largest absolute Gasteiger partial charge is 0.254 e. The zero-order chi connectivity index (χ0) is 16.4. The van der Waals surface area contributed by atoms with Crippen molar-refractivity contribution < 1.29 is 4.21 Å². The summed E-state index contributed by atoms with van der Waals surface area (Å²) in [5.74, 6) is 1.21. The lowest BCUT2D eigenvalue weighted by atomic mass is 9.89. The van der Waals surface area contributed by atoms with Crippen LogP contribution >= 0.6 is 0 Å². The first-order valence-corrected chi connectivity index (χ1v) is 9.29. The van der Waals surface area contributed by atoms with Crippen LogP contribution in [0, 0.1) is 30.9 Å². The maximum Gasteiger partial charge on any atom is 0.0754 e. The molecule has 1 aliphatic carbocycles. The fraction of sp³-hybridized carbons (Fsp3) is 0.450. The lowest BCUT2D eigenvalue weighted by Gasteiger charge is -2.23. The van der Waals surface area contributed by atoms with Gasteiger partial charge in [-0.2, -0.15) is 0 Å². The highest BCUT2D eigenvalue weighted by Crippen LogP contribution is 2.39. The van der Waals surface area contributed by atoms with E-state index in [2.05, 4.69) is 53.7 Å². The number of rotatable bonds is 5. The lowest BCUT2D eigenvalue weighted by Crippen LogP contribution is -2.12. The van der Waals surface area contributed by atoms with E-state index in [4.69, 9.17) is 0 Å². The molecule has 22 heavy (non-hydrogen) atoms. The third kappa shape index (κ3) is 3.64. The lowest BCUT2D eigenvalue weighted by molar-refractivity contribution is 0.678. The first-order chi connectivity index (χ1) is 10.3. The minimum Gasteiger partial charge on any atom is -0.254 e. The van der Waals surface area contributed by atoms with Gasteiger partial charge in [0.15, 0.2) is 0 Å². The van der Waals surface area contributed by atoms with Crippen molar-refractivity contribution in [1.82, 2.24) is 0 Å². The van der Waals surface area contributed by atoms with Crippen molar-refractivity contribution in [2.24, 2.45) is 0 Å². The Labute approximate surface area is 139 Å². The van der Waals surface area contributed by atoms with Gasteiger partial charge in [0.25, 0.3) is 0 Å². The molecule has 1 nitrogen and oxygen atoms in total. The average Bonchev–Trinajstić information content (AvgIpc) is 2.98. The first kappa shape index (κ1) is 17.7. The van der Waals surface area contributed by atoms with Gasteiger partial charge in [-0.15, -0.1) is 0 Å². The van der Waals surface area contributed by atoms with Gasteiger partial charge in [0.05, 0.1) is 16.0 Å². The number of hydrogen-bond donors (Lipinski definition) is 0. The number of benzene rings is 1. The van der Waals surface area contributed by atoms with E-state index in [1.807, 2.05) is 25.7 Å². The molecule has 0 aromatic heterocycles. The summed E-state index contributed by atoms with van der Waals surface area (Å²) in [6.45, 7) is 13.2. The Morgan fingerprint density at radius 3 is 1.59 bits per heavy atom. The zero-order valence-corrected chi connectivity index (χ0v) is 15.3. The van der Waals surface area contributed by atoms with Gasteiger partial charge in [0.1, 0.15) is 0 Å². The molecule has 1 aromatic rings. The molecule has 0 spiro atoms. The summed E-state index contributed by atoms with van der Waals surface area (Å²) in [6.07, 6.45) is 7.83. The minimum absolute atomic E-state index is 0.366. The van der Waals surface area contributed by atoms with Crippen LogP contribution in [-0.4, -0.2) is 4.21 Å². The van der Waals surface area contributed by atoms with Crippen molar-refractivity contribution in [3.8, 4) is 0 Å². The molecule has 1 aromatic carbocycles. The van der Waals surface area contributed by atoms with E-state index in [1.165, 1.54) is 16.7 Å². The molecule has 0 unspecified atom stereocenters. The Morgan fingerprint density at radius 1 is 0.773 bits per heavy atom. The Balaban J connectivity index is 2.60. The normalized spacial score (nSPS) is 17.9. The van der Waals surface area contributed by atoms with E-state index in [-0.39, 0.29) is 0 Å². The van der Waals surface area contributed by atoms with Crippen molar-refractivity contribution in [1.29, 1.82) is 0 Å². The molecule has 2 heteroatoms. The zero-order valence-electron chi connectivity index (χ0n) is 14.5. The molecule has 1 aliphatic rings. The summed E-state index contributed by atoms with van der Waals surface area (Å²) >= 11 is 0. The van der Waals surface area contributed by atoms with Crippen LogP contribution in [-0.2, 0) is 10.8 Å². The third-order valence-electron chi connectivity index (χ3n) is 4.11. The fourth-order valence-electron chi connectivity index (χ4n) is 2.70. The molecule has 1 saturated carbocycles. The summed E-state index contributed by atoms with van der Waals surface area (Å²) in [5.41, 5.74) is 3.81. The second-order valence-corrected chi connectivity index (χ2v) is 8.30. The summed E-state index contributed by atoms with van der Waals surface area (Å²) < 4.78 is 13.2. The average molecular weight is 316 g/mol. The molecule has 2 rings (SSSR count). The van der Waals surface area contributed by atoms with Gasteiger partial charge < -0.3 is 0 Å². The SMILES string of the molecule is CC(C)c1cc(C(C)C)c([S@](=O)[C]2[CH][CH][CH][CH]2)c(C(C)C)c1. The summed E-state index contributed by atoms with van der Waals surface area (Å²) in [7, 11) is -1.10. The van der Waals surface area contributed by atoms with Gasteiger partial charge in [0, 0.05) is 4.90 Å². The predicted octanol–water partition coefficient (Wildman–Crippen LogP) is 5.53. The van der Waals surface area contributed by atoms with E-state index in [1.54, 1.807) is 0 Å². The van der Waals surface area contributed by atoms with E-state index in [0.29, 0.717) is 17.8 Å². The van der Waals surface area contributed by atoms with E-state index >= 15 is 0 Å². The molecule has 0 aliphatic heterocycles. The van der Waals surface area contributed by atoms with Crippen molar-refractivity contribution in [2.45, 2.75) is 64.2 Å². The van der Waals surface area contributed by atoms with Crippen LogP contribution in [0.5, 0.6) is 0 Å². The van der Waals surface area contributed by atoms with Crippen molar-refractivity contribution in [3.63, 3.8) is 0 Å². The Morgan fingerprint density at radius 2 is 1.23 bits per heavy atom. The molecule has 1 atom stereocenters. The molecule has 5 radical (unpaired) electrons. The summed E-state index contributed by atoms with van der Waals surface area (Å²) in [5, 5.41) is 0.904. The Bertz CT molecular complexity index is 508. The van der Waals surface area contributed by atoms with Crippen LogP contribution in [0.15, 0.2) is 17.0 Å². The summed E-state index contributed by atoms with van der Waals surface area (Å²) in [6, 6.07) is 4.52. The molecule has 0 N–H and O–H groups in total. The molecule has 0 heterocycles. The highest BCUT2D eigenvalue weighted by atomic mass is 32.2. The van der Waals surface area contributed by atoms with Crippen LogP contribution in [0.4, 0.5) is 0 Å². The minimum atomic E-state index is -1.10. The van der Waals surface area contributed by atoms with Gasteiger partial charge >= 0.3 is 0 Å². The van der Waals surface area contributed by atoms with E-state index < -0.39 is 10.8 Å². The Kier molecular flexibility index (Phi) is 5.87. The molecule has 0 saturated heterocycles. The molecule has 0 bridgehead atoms. The van der Waals surface area contributed by atoms with Crippen LogP contribution in [0.2, 0.25) is 0 Å². The highest BCUT2D eigenvalue weighted by molar-refractivity contribution is 7.88. The Hall–Kier alpha value is -0.630.